The molecule has 5 heteroatoms. The summed E-state index contributed by atoms with van der Waals surface area (Å²) >= 11 is 5.98. The molecule has 0 spiro atoms. The molecule has 25 heavy (non-hydrogen) atoms. The van der Waals surface area contributed by atoms with E-state index in [4.69, 9.17) is 16.7 Å². The number of nitrogens with one attached hydrogen (secondary N) is 1. The van der Waals surface area contributed by atoms with E-state index in [2.05, 4.69) is 5.32 Å². The van der Waals surface area contributed by atoms with Crippen molar-refractivity contribution in [3.63, 3.8) is 0 Å². The molecule has 0 bridgehead atoms. The van der Waals surface area contributed by atoms with E-state index in [0.29, 0.717) is 19.0 Å². The number of fused-ring (bicyclic) bond motifs is 1. The molecule has 4 nitrogen and oxygen atoms in total. The van der Waals surface area contributed by atoms with Gasteiger partial charge in [0.15, 0.2) is 0 Å². The Hall–Kier alpha value is -2.17. The normalized spacial score (nSPS) is 17.2. The first-order valence-electron chi connectivity index (χ1n) is 8.67. The van der Waals surface area contributed by atoms with Gasteiger partial charge in [-0.1, -0.05) is 41.9 Å². The van der Waals surface area contributed by atoms with Crippen LogP contribution in [-0.4, -0.2) is 22.4 Å². The van der Waals surface area contributed by atoms with Crippen LogP contribution in [0.15, 0.2) is 53.3 Å². The zero-order valence-electron chi connectivity index (χ0n) is 13.9. The third-order valence-electron chi connectivity index (χ3n) is 4.78. The second kappa shape index (κ2) is 6.98. The van der Waals surface area contributed by atoms with Crippen molar-refractivity contribution in [3.05, 3.63) is 75.2 Å². The van der Waals surface area contributed by atoms with Gasteiger partial charge in [0.1, 0.15) is 0 Å². The minimum absolute atomic E-state index is 0.0100. The molecule has 4 rings (SSSR count). The van der Waals surface area contributed by atoms with Crippen LogP contribution in [0.1, 0.15) is 24.1 Å². The summed E-state index contributed by atoms with van der Waals surface area (Å²) in [6.07, 6.45) is 2.92. The highest BCUT2D eigenvalue weighted by Gasteiger charge is 2.18. The first-order valence-corrected chi connectivity index (χ1v) is 9.05. The third kappa shape index (κ3) is 3.46. The van der Waals surface area contributed by atoms with Crippen molar-refractivity contribution in [3.8, 4) is 0 Å². The van der Waals surface area contributed by atoms with Gasteiger partial charge in [-0.25, -0.2) is 4.68 Å². The van der Waals surface area contributed by atoms with Crippen LogP contribution in [-0.2, 0) is 13.0 Å². The van der Waals surface area contributed by atoms with E-state index in [0.717, 1.165) is 46.4 Å². The van der Waals surface area contributed by atoms with Crippen molar-refractivity contribution in [2.45, 2.75) is 31.8 Å². The second-order valence-electron chi connectivity index (χ2n) is 6.58. The van der Waals surface area contributed by atoms with Crippen molar-refractivity contribution in [2.75, 3.05) is 6.54 Å². The Morgan fingerprint density at radius 3 is 2.60 bits per heavy atom. The largest absolute Gasteiger partial charge is 0.312 e. The minimum Gasteiger partial charge on any atom is -0.312 e. The van der Waals surface area contributed by atoms with Gasteiger partial charge in [0.2, 0.25) is 0 Å². The average Bonchev–Trinajstić information content (AvgIpc) is 3.14. The summed E-state index contributed by atoms with van der Waals surface area (Å²) < 4.78 is 1.64. The summed E-state index contributed by atoms with van der Waals surface area (Å²) in [7, 11) is 0. The highest BCUT2D eigenvalue weighted by molar-refractivity contribution is 6.30. The quantitative estimate of drug-likeness (QED) is 0.782. The molecule has 2 heterocycles. The lowest BCUT2D eigenvalue weighted by atomic mass is 10.0. The maximum atomic E-state index is 12.8. The molecule has 0 saturated carbocycles. The van der Waals surface area contributed by atoms with Crippen LogP contribution < -0.4 is 10.9 Å². The molecule has 1 N–H and O–H groups in total. The molecule has 1 aliphatic rings. The number of hydrogen-bond acceptors (Lipinski definition) is 3. The Balaban J connectivity index is 1.77. The van der Waals surface area contributed by atoms with E-state index >= 15 is 0 Å². The monoisotopic (exact) mass is 353 g/mol. The molecular formula is C20H20ClN3O. The lowest BCUT2D eigenvalue weighted by molar-refractivity contribution is 0.458. The van der Waals surface area contributed by atoms with Gasteiger partial charge in [0.05, 0.1) is 17.6 Å². The molecule has 1 aliphatic heterocycles. The molecule has 1 atom stereocenters. The Bertz CT molecular complexity index is 943. The molecule has 1 saturated heterocycles. The van der Waals surface area contributed by atoms with E-state index in [1.807, 2.05) is 48.5 Å². The first kappa shape index (κ1) is 16.3. The number of benzene rings is 2. The Morgan fingerprint density at radius 2 is 1.88 bits per heavy atom. The van der Waals surface area contributed by atoms with Gasteiger partial charge >= 0.3 is 0 Å². The predicted octanol–water partition coefficient (Wildman–Crippen LogP) is 3.39. The van der Waals surface area contributed by atoms with Gasteiger partial charge in [-0.15, -0.1) is 0 Å². The lowest BCUT2D eigenvalue weighted by Crippen LogP contribution is -2.34. The highest BCUT2D eigenvalue weighted by Crippen LogP contribution is 2.19. The lowest BCUT2D eigenvalue weighted by Gasteiger charge is -2.15. The van der Waals surface area contributed by atoms with Crippen LogP contribution in [0.5, 0.6) is 0 Å². The fourth-order valence-electron chi connectivity index (χ4n) is 3.48. The molecule has 1 unspecified atom stereocenters. The van der Waals surface area contributed by atoms with Crippen LogP contribution in [0, 0.1) is 0 Å². The number of aromatic nitrogens is 2. The van der Waals surface area contributed by atoms with Crippen LogP contribution in [0.25, 0.3) is 10.8 Å². The zero-order valence-corrected chi connectivity index (χ0v) is 14.7. The summed E-state index contributed by atoms with van der Waals surface area (Å²) in [5, 5.41) is 10.5. The minimum atomic E-state index is -0.0100. The fourth-order valence-corrected chi connectivity index (χ4v) is 3.60. The van der Waals surface area contributed by atoms with E-state index in [9.17, 15) is 4.79 Å². The van der Waals surface area contributed by atoms with Gasteiger partial charge in [-0.05, 0) is 43.1 Å². The van der Waals surface area contributed by atoms with Gasteiger partial charge in [-0.2, -0.15) is 5.10 Å². The average molecular weight is 354 g/mol. The molecule has 0 amide bonds. The fraction of sp³-hybridized carbons (Fsp3) is 0.300. The van der Waals surface area contributed by atoms with Crippen LogP contribution in [0.3, 0.4) is 0 Å². The van der Waals surface area contributed by atoms with Gasteiger partial charge in [0, 0.05) is 22.9 Å². The summed E-state index contributed by atoms with van der Waals surface area (Å²) in [6, 6.07) is 15.9. The Morgan fingerprint density at radius 1 is 1.12 bits per heavy atom. The molecule has 3 aromatic rings. The van der Waals surface area contributed by atoms with Crippen molar-refractivity contribution in [1.29, 1.82) is 0 Å². The van der Waals surface area contributed by atoms with Gasteiger partial charge in [-0.3, -0.25) is 4.79 Å². The summed E-state index contributed by atoms with van der Waals surface area (Å²) in [6.45, 7) is 1.64. The Kier molecular flexibility index (Phi) is 4.55. The second-order valence-corrected chi connectivity index (χ2v) is 7.01. The summed E-state index contributed by atoms with van der Waals surface area (Å²) in [5.41, 5.74) is 2.05. The molecule has 2 aromatic carbocycles. The van der Waals surface area contributed by atoms with E-state index in [-0.39, 0.29) is 5.56 Å². The molecular weight excluding hydrogens is 334 g/mol. The zero-order chi connectivity index (χ0) is 17.2. The van der Waals surface area contributed by atoms with E-state index < -0.39 is 0 Å². The number of hydrogen-bond donors (Lipinski definition) is 1. The third-order valence-corrected chi connectivity index (χ3v) is 5.04. The molecule has 0 radical (unpaired) electrons. The van der Waals surface area contributed by atoms with Crippen molar-refractivity contribution < 1.29 is 0 Å². The standard InChI is InChI=1S/C20H20ClN3O/c21-15-9-7-14(8-10-15)12-19-17-5-1-2-6-18(17)20(25)24(23-19)13-16-4-3-11-22-16/h1-2,5-10,16,22H,3-4,11-13H2. The summed E-state index contributed by atoms with van der Waals surface area (Å²) in [4.78, 5) is 12.8. The van der Waals surface area contributed by atoms with Crippen LogP contribution in [0.2, 0.25) is 5.02 Å². The van der Waals surface area contributed by atoms with E-state index in [1.165, 1.54) is 0 Å². The van der Waals surface area contributed by atoms with Crippen LogP contribution >= 0.6 is 11.6 Å². The smallest absolute Gasteiger partial charge is 0.274 e. The van der Waals surface area contributed by atoms with Crippen molar-refractivity contribution >= 4 is 22.4 Å². The summed E-state index contributed by atoms with van der Waals surface area (Å²) in [5.74, 6) is 0. The highest BCUT2D eigenvalue weighted by atomic mass is 35.5. The van der Waals surface area contributed by atoms with E-state index in [1.54, 1.807) is 4.68 Å². The number of rotatable bonds is 4. The number of halogens is 1. The number of nitrogens with zero attached hydrogens (tertiary/aromatic N) is 2. The molecule has 1 fully saturated rings. The topological polar surface area (TPSA) is 46.9 Å². The Labute approximate surface area is 151 Å². The maximum Gasteiger partial charge on any atom is 0.274 e. The predicted molar refractivity (Wildman–Crippen MR) is 101 cm³/mol. The molecule has 128 valence electrons. The van der Waals surface area contributed by atoms with Crippen molar-refractivity contribution in [2.24, 2.45) is 0 Å². The maximum absolute atomic E-state index is 12.8. The molecule has 0 aliphatic carbocycles. The van der Waals surface area contributed by atoms with Gasteiger partial charge < -0.3 is 5.32 Å². The first-order chi connectivity index (χ1) is 12.2. The van der Waals surface area contributed by atoms with Gasteiger partial charge in [0.25, 0.3) is 5.56 Å². The van der Waals surface area contributed by atoms with Crippen LogP contribution in [0.4, 0.5) is 0 Å². The van der Waals surface area contributed by atoms with Crippen molar-refractivity contribution in [1.82, 2.24) is 15.1 Å². The molecule has 1 aromatic heterocycles. The SMILES string of the molecule is O=c1c2ccccc2c(Cc2ccc(Cl)cc2)nn1CC1CCCN1.